The minimum absolute atomic E-state index is 0.181. The summed E-state index contributed by atoms with van der Waals surface area (Å²) in [5, 5.41) is 4.98. The first kappa shape index (κ1) is 19.0. The number of thiazole rings is 1. The SMILES string of the molecule is CCC(C)(Oc1ccc(F)cc1F)C(=O)Nc1nc(-c2ccccc2)cs1. The molecule has 0 spiro atoms. The van der Waals surface area contributed by atoms with Gasteiger partial charge in [-0.15, -0.1) is 11.3 Å². The molecule has 1 amide bonds. The number of carbonyl (C=O) groups is 1. The lowest BCUT2D eigenvalue weighted by Gasteiger charge is -2.28. The van der Waals surface area contributed by atoms with E-state index in [1.165, 1.54) is 17.4 Å². The maximum Gasteiger partial charge on any atom is 0.270 e. The van der Waals surface area contributed by atoms with E-state index in [1.54, 1.807) is 13.8 Å². The Kier molecular flexibility index (Phi) is 5.51. The summed E-state index contributed by atoms with van der Waals surface area (Å²) in [7, 11) is 0. The summed E-state index contributed by atoms with van der Waals surface area (Å²) in [6.45, 7) is 3.30. The fourth-order valence-electron chi connectivity index (χ4n) is 2.38. The maximum absolute atomic E-state index is 13.9. The van der Waals surface area contributed by atoms with E-state index in [-0.39, 0.29) is 12.2 Å². The average Bonchev–Trinajstić information content (AvgIpc) is 3.13. The highest BCUT2D eigenvalue weighted by Crippen LogP contribution is 2.28. The van der Waals surface area contributed by atoms with Gasteiger partial charge in [0.25, 0.3) is 5.91 Å². The molecular formula is C20H18F2N2O2S. The van der Waals surface area contributed by atoms with Crippen molar-refractivity contribution in [1.82, 2.24) is 4.98 Å². The molecule has 3 rings (SSSR count). The predicted molar refractivity (Wildman–Crippen MR) is 102 cm³/mol. The van der Waals surface area contributed by atoms with Gasteiger partial charge in [0, 0.05) is 17.0 Å². The van der Waals surface area contributed by atoms with Gasteiger partial charge in [0.2, 0.25) is 0 Å². The summed E-state index contributed by atoms with van der Waals surface area (Å²) in [5.41, 5.74) is 0.355. The topological polar surface area (TPSA) is 51.2 Å². The molecule has 2 aromatic carbocycles. The molecule has 1 N–H and O–H groups in total. The Morgan fingerprint density at radius 3 is 2.63 bits per heavy atom. The van der Waals surface area contributed by atoms with Crippen molar-refractivity contribution in [3.8, 4) is 17.0 Å². The molecule has 1 heterocycles. The van der Waals surface area contributed by atoms with Crippen LogP contribution in [0.2, 0.25) is 0 Å². The van der Waals surface area contributed by atoms with Crippen LogP contribution in [0.25, 0.3) is 11.3 Å². The fourth-order valence-corrected chi connectivity index (χ4v) is 3.10. The van der Waals surface area contributed by atoms with Gasteiger partial charge in [0.15, 0.2) is 22.3 Å². The van der Waals surface area contributed by atoms with Crippen LogP contribution in [0.4, 0.5) is 13.9 Å². The third-order valence-corrected chi connectivity index (χ3v) is 4.94. The number of amides is 1. The van der Waals surface area contributed by atoms with Crippen LogP contribution < -0.4 is 10.1 Å². The first-order valence-electron chi connectivity index (χ1n) is 8.38. The molecule has 0 radical (unpaired) electrons. The molecule has 0 bridgehead atoms. The zero-order valence-corrected chi connectivity index (χ0v) is 15.6. The number of hydrogen-bond donors (Lipinski definition) is 1. The zero-order valence-electron chi connectivity index (χ0n) is 14.8. The van der Waals surface area contributed by atoms with Crippen LogP contribution in [0.1, 0.15) is 20.3 Å². The van der Waals surface area contributed by atoms with E-state index in [4.69, 9.17) is 4.74 Å². The van der Waals surface area contributed by atoms with E-state index >= 15 is 0 Å². The van der Waals surface area contributed by atoms with E-state index in [2.05, 4.69) is 10.3 Å². The van der Waals surface area contributed by atoms with Gasteiger partial charge >= 0.3 is 0 Å². The van der Waals surface area contributed by atoms with Crippen LogP contribution in [-0.4, -0.2) is 16.5 Å². The van der Waals surface area contributed by atoms with Crippen LogP contribution in [0.15, 0.2) is 53.9 Å². The Morgan fingerprint density at radius 1 is 1.22 bits per heavy atom. The summed E-state index contributed by atoms with van der Waals surface area (Å²) >= 11 is 1.29. The Morgan fingerprint density at radius 2 is 1.96 bits per heavy atom. The highest BCUT2D eigenvalue weighted by Gasteiger charge is 2.35. The molecule has 3 aromatic rings. The van der Waals surface area contributed by atoms with Crippen molar-refractivity contribution in [3.05, 3.63) is 65.5 Å². The Labute approximate surface area is 159 Å². The fraction of sp³-hybridized carbons (Fsp3) is 0.200. The first-order valence-corrected chi connectivity index (χ1v) is 9.26. The van der Waals surface area contributed by atoms with Crippen LogP contribution >= 0.6 is 11.3 Å². The predicted octanol–water partition coefficient (Wildman–Crippen LogP) is 5.27. The van der Waals surface area contributed by atoms with E-state index in [9.17, 15) is 13.6 Å². The molecule has 7 heteroatoms. The van der Waals surface area contributed by atoms with E-state index in [0.717, 1.165) is 23.4 Å². The molecule has 1 aromatic heterocycles. The first-order chi connectivity index (χ1) is 12.9. The van der Waals surface area contributed by atoms with E-state index in [1.807, 2.05) is 35.7 Å². The van der Waals surface area contributed by atoms with Crippen LogP contribution in [0.5, 0.6) is 5.75 Å². The largest absolute Gasteiger partial charge is 0.475 e. The smallest absolute Gasteiger partial charge is 0.270 e. The maximum atomic E-state index is 13.9. The number of nitrogens with zero attached hydrogens (tertiary/aromatic N) is 1. The van der Waals surface area contributed by atoms with Gasteiger partial charge in [-0.3, -0.25) is 10.1 Å². The molecule has 0 aliphatic rings. The minimum Gasteiger partial charge on any atom is -0.475 e. The standard InChI is InChI=1S/C20H18F2N2O2S/c1-3-20(2,26-17-10-9-14(21)11-15(17)22)18(25)24-19-23-16(12-27-19)13-7-5-4-6-8-13/h4-12H,3H2,1-2H3,(H,23,24,25). The number of hydrogen-bond acceptors (Lipinski definition) is 4. The molecule has 4 nitrogen and oxygen atoms in total. The second kappa shape index (κ2) is 7.84. The van der Waals surface area contributed by atoms with Crippen molar-refractivity contribution >= 4 is 22.4 Å². The summed E-state index contributed by atoms with van der Waals surface area (Å²) < 4.78 is 32.5. The number of benzene rings is 2. The van der Waals surface area contributed by atoms with Gasteiger partial charge in [-0.1, -0.05) is 37.3 Å². The Balaban J connectivity index is 1.76. The lowest BCUT2D eigenvalue weighted by atomic mass is 10.0. The molecule has 0 saturated carbocycles. The lowest BCUT2D eigenvalue weighted by molar-refractivity contribution is -0.130. The van der Waals surface area contributed by atoms with Crippen molar-refractivity contribution in [2.45, 2.75) is 25.9 Å². The van der Waals surface area contributed by atoms with Gasteiger partial charge in [0.05, 0.1) is 5.69 Å². The zero-order chi connectivity index (χ0) is 19.4. The van der Waals surface area contributed by atoms with Crippen LogP contribution in [-0.2, 0) is 4.79 Å². The van der Waals surface area contributed by atoms with Gasteiger partial charge in [0.1, 0.15) is 5.82 Å². The Hall–Kier alpha value is -2.80. The lowest BCUT2D eigenvalue weighted by Crippen LogP contribution is -2.45. The molecule has 0 aliphatic heterocycles. The summed E-state index contributed by atoms with van der Waals surface area (Å²) in [4.78, 5) is 17.1. The third kappa shape index (κ3) is 4.31. The van der Waals surface area contributed by atoms with Crippen molar-refractivity contribution < 1.29 is 18.3 Å². The number of carbonyl (C=O) groups excluding carboxylic acids is 1. The molecule has 1 atom stereocenters. The molecule has 27 heavy (non-hydrogen) atoms. The molecule has 1 unspecified atom stereocenters. The number of rotatable bonds is 6. The van der Waals surface area contributed by atoms with Gasteiger partial charge in [-0.25, -0.2) is 13.8 Å². The van der Waals surface area contributed by atoms with Crippen LogP contribution in [0.3, 0.4) is 0 Å². The third-order valence-electron chi connectivity index (χ3n) is 4.18. The summed E-state index contributed by atoms with van der Waals surface area (Å²) in [5.74, 6) is -2.20. The van der Waals surface area contributed by atoms with Crippen LogP contribution in [0, 0.1) is 11.6 Å². The monoisotopic (exact) mass is 388 g/mol. The van der Waals surface area contributed by atoms with Gasteiger partial charge in [-0.2, -0.15) is 0 Å². The number of ether oxygens (including phenoxy) is 1. The van der Waals surface area contributed by atoms with E-state index < -0.39 is 23.1 Å². The summed E-state index contributed by atoms with van der Waals surface area (Å²) in [6.07, 6.45) is 0.284. The van der Waals surface area contributed by atoms with E-state index in [0.29, 0.717) is 5.13 Å². The second-order valence-electron chi connectivity index (χ2n) is 6.12. The highest BCUT2D eigenvalue weighted by atomic mass is 32.1. The minimum atomic E-state index is -1.34. The van der Waals surface area contributed by atoms with Crippen molar-refractivity contribution in [1.29, 1.82) is 0 Å². The average molecular weight is 388 g/mol. The number of halogens is 2. The molecule has 0 aliphatic carbocycles. The number of nitrogens with one attached hydrogen (secondary N) is 1. The molecule has 140 valence electrons. The number of aromatic nitrogens is 1. The highest BCUT2D eigenvalue weighted by molar-refractivity contribution is 7.14. The summed E-state index contributed by atoms with van der Waals surface area (Å²) in [6, 6.07) is 12.6. The van der Waals surface area contributed by atoms with Gasteiger partial charge < -0.3 is 4.74 Å². The van der Waals surface area contributed by atoms with Gasteiger partial charge in [-0.05, 0) is 25.5 Å². The van der Waals surface area contributed by atoms with Crippen molar-refractivity contribution in [3.63, 3.8) is 0 Å². The van der Waals surface area contributed by atoms with Crippen molar-refractivity contribution in [2.24, 2.45) is 0 Å². The molecular weight excluding hydrogens is 370 g/mol. The normalized spacial score (nSPS) is 13.0. The quantitative estimate of drug-likeness (QED) is 0.625. The molecule has 0 fully saturated rings. The Bertz CT molecular complexity index is 946. The molecule has 0 saturated heterocycles. The second-order valence-corrected chi connectivity index (χ2v) is 6.98. The van der Waals surface area contributed by atoms with Crippen molar-refractivity contribution in [2.75, 3.05) is 5.32 Å². The number of anilines is 1.